The molecule has 168 valence electrons. The molecule has 11 nitrogen and oxygen atoms in total. The van der Waals surface area contributed by atoms with Crippen LogP contribution in [0.2, 0.25) is 0 Å². The number of nitrogens with one attached hydrogen (secondary N) is 1. The Morgan fingerprint density at radius 1 is 1.22 bits per heavy atom. The topological polar surface area (TPSA) is 159 Å². The van der Waals surface area contributed by atoms with Gasteiger partial charge in [0.2, 0.25) is 15.9 Å². The highest BCUT2D eigenvalue weighted by atomic mass is 32.2. The molecule has 0 fully saturated rings. The van der Waals surface area contributed by atoms with Crippen LogP contribution in [0.1, 0.15) is 36.4 Å². The number of sulfonamides is 1. The second-order valence-electron chi connectivity index (χ2n) is 7.21. The predicted molar refractivity (Wildman–Crippen MR) is 116 cm³/mol. The lowest BCUT2D eigenvalue weighted by Crippen LogP contribution is -2.27. The van der Waals surface area contributed by atoms with Gasteiger partial charge in [0.05, 0.1) is 29.4 Å². The molecule has 1 unspecified atom stereocenters. The number of aliphatic carboxylic acids is 1. The van der Waals surface area contributed by atoms with Crippen LogP contribution in [0.15, 0.2) is 53.6 Å². The molecule has 1 heterocycles. The van der Waals surface area contributed by atoms with Crippen LogP contribution in [0.4, 0.5) is 11.4 Å². The number of rotatable bonds is 8. The zero-order chi connectivity index (χ0) is 23.5. The number of amides is 1. The minimum atomic E-state index is -3.50. The van der Waals surface area contributed by atoms with E-state index in [0.29, 0.717) is 22.5 Å². The van der Waals surface area contributed by atoms with E-state index >= 15 is 0 Å². The fraction of sp³-hybridized carbons (Fsp3) is 0.250. The fourth-order valence-electron chi connectivity index (χ4n) is 3.32. The van der Waals surface area contributed by atoms with Crippen LogP contribution in [-0.2, 0) is 19.6 Å². The van der Waals surface area contributed by atoms with Crippen molar-refractivity contribution in [2.75, 3.05) is 11.0 Å². The van der Waals surface area contributed by atoms with Gasteiger partial charge in [-0.3, -0.25) is 24.4 Å². The molecular weight excluding hydrogens is 440 g/mol. The molecule has 2 aromatic carbocycles. The summed E-state index contributed by atoms with van der Waals surface area (Å²) in [4.78, 5) is 34.2. The normalized spacial score (nSPS) is 15.8. The van der Waals surface area contributed by atoms with Crippen molar-refractivity contribution in [3.63, 3.8) is 0 Å². The van der Waals surface area contributed by atoms with E-state index in [1.54, 1.807) is 30.3 Å². The van der Waals surface area contributed by atoms with Crippen LogP contribution in [0.3, 0.4) is 0 Å². The Balaban J connectivity index is 1.96. The van der Waals surface area contributed by atoms with Crippen molar-refractivity contribution < 1.29 is 28.0 Å². The smallest absolute Gasteiger partial charge is 0.303 e. The maximum absolute atomic E-state index is 12.7. The van der Waals surface area contributed by atoms with Gasteiger partial charge in [-0.1, -0.05) is 24.3 Å². The lowest BCUT2D eigenvalue weighted by Gasteiger charge is -2.21. The summed E-state index contributed by atoms with van der Waals surface area (Å²) in [5.41, 5.74) is 1.67. The van der Waals surface area contributed by atoms with Gasteiger partial charge < -0.3 is 5.11 Å². The van der Waals surface area contributed by atoms with Crippen LogP contribution in [0.25, 0.3) is 0 Å². The number of hydrogen-bond acceptors (Lipinski definition) is 7. The summed E-state index contributed by atoms with van der Waals surface area (Å²) in [6.07, 6.45) is 0.569. The summed E-state index contributed by atoms with van der Waals surface area (Å²) < 4.78 is 25.4. The quantitative estimate of drug-likeness (QED) is 0.452. The van der Waals surface area contributed by atoms with E-state index in [9.17, 15) is 28.1 Å². The number of nitro groups is 1. The highest BCUT2D eigenvalue weighted by molar-refractivity contribution is 7.92. The van der Waals surface area contributed by atoms with E-state index in [4.69, 9.17) is 5.11 Å². The van der Waals surface area contributed by atoms with Crippen molar-refractivity contribution in [2.45, 2.75) is 25.3 Å². The molecule has 1 aliphatic rings. The number of nitro benzene ring substituents is 1. The second kappa shape index (κ2) is 9.14. The maximum Gasteiger partial charge on any atom is 0.303 e. The number of non-ortho nitro benzene ring substituents is 1. The van der Waals surface area contributed by atoms with E-state index in [0.717, 1.165) is 11.3 Å². The maximum atomic E-state index is 12.7. The molecule has 0 saturated carbocycles. The van der Waals surface area contributed by atoms with Crippen LogP contribution in [0.5, 0.6) is 0 Å². The van der Waals surface area contributed by atoms with Crippen molar-refractivity contribution >= 4 is 39.0 Å². The highest BCUT2D eigenvalue weighted by Crippen LogP contribution is 2.35. The molecule has 0 aliphatic carbocycles. The van der Waals surface area contributed by atoms with Gasteiger partial charge in [-0.05, 0) is 23.3 Å². The van der Waals surface area contributed by atoms with Crippen LogP contribution >= 0.6 is 0 Å². The first-order valence-corrected chi connectivity index (χ1v) is 11.4. The number of benzene rings is 2. The molecule has 0 aromatic heterocycles. The first kappa shape index (κ1) is 22.9. The number of hydrogen-bond donors (Lipinski definition) is 2. The fourth-order valence-corrected chi connectivity index (χ4v) is 3.88. The minimum Gasteiger partial charge on any atom is -0.481 e. The van der Waals surface area contributed by atoms with Crippen molar-refractivity contribution in [3.8, 4) is 0 Å². The summed E-state index contributed by atoms with van der Waals surface area (Å²) in [7, 11) is -3.50. The third-order valence-electron chi connectivity index (χ3n) is 4.68. The molecule has 0 spiro atoms. The molecule has 3 rings (SSSR count). The monoisotopic (exact) mass is 460 g/mol. The summed E-state index contributed by atoms with van der Waals surface area (Å²) in [5, 5.41) is 25.6. The molecular formula is C20H20N4O7S. The Bertz CT molecular complexity index is 1210. The van der Waals surface area contributed by atoms with Gasteiger partial charge in [-0.15, -0.1) is 0 Å². The average molecular weight is 460 g/mol. The van der Waals surface area contributed by atoms with Crippen molar-refractivity contribution in [3.05, 3.63) is 69.8 Å². The Morgan fingerprint density at radius 2 is 1.94 bits per heavy atom. The zero-order valence-electron chi connectivity index (χ0n) is 17.0. The second-order valence-corrected chi connectivity index (χ2v) is 8.95. The SMILES string of the molecule is CS(=O)(=O)Nc1cccc(C2=NN(C(=O)CCC(=O)O)C(c3cccc([N+](=O)[O-])c3)C2)c1. The number of anilines is 1. The molecule has 32 heavy (non-hydrogen) atoms. The van der Waals surface area contributed by atoms with Crippen molar-refractivity contribution in [2.24, 2.45) is 5.10 Å². The third-order valence-corrected chi connectivity index (χ3v) is 5.29. The lowest BCUT2D eigenvalue weighted by molar-refractivity contribution is -0.385. The minimum absolute atomic E-state index is 0.145. The Hall–Kier alpha value is -3.80. The van der Waals surface area contributed by atoms with Gasteiger partial charge in [0.15, 0.2) is 0 Å². The molecule has 1 amide bonds. The summed E-state index contributed by atoms with van der Waals surface area (Å²) in [6, 6.07) is 11.6. The number of carbonyl (C=O) groups is 2. The van der Waals surface area contributed by atoms with Gasteiger partial charge in [0.1, 0.15) is 0 Å². The Kier molecular flexibility index (Phi) is 6.53. The molecule has 0 saturated heterocycles. The summed E-state index contributed by atoms with van der Waals surface area (Å²) in [6.45, 7) is 0. The van der Waals surface area contributed by atoms with E-state index in [1.165, 1.54) is 18.2 Å². The molecule has 1 aliphatic heterocycles. The first-order valence-electron chi connectivity index (χ1n) is 9.47. The van der Waals surface area contributed by atoms with Crippen molar-refractivity contribution in [1.29, 1.82) is 0 Å². The molecule has 0 bridgehead atoms. The van der Waals surface area contributed by atoms with E-state index in [1.807, 2.05) is 0 Å². The number of nitrogens with zero attached hydrogens (tertiary/aromatic N) is 3. The molecule has 0 radical (unpaired) electrons. The van der Waals surface area contributed by atoms with Crippen LogP contribution in [-0.4, -0.2) is 47.3 Å². The number of carbonyl (C=O) groups excluding carboxylic acids is 1. The van der Waals surface area contributed by atoms with E-state index in [2.05, 4.69) is 9.82 Å². The van der Waals surface area contributed by atoms with Gasteiger partial charge in [0, 0.05) is 30.7 Å². The molecule has 2 N–H and O–H groups in total. The van der Waals surface area contributed by atoms with Gasteiger partial charge in [-0.25, -0.2) is 13.4 Å². The molecule has 12 heteroatoms. The standard InChI is InChI=1S/C20H20N4O7S/c1-32(30,31)22-15-6-2-4-13(10-15)17-12-18(14-5-3-7-16(11-14)24(28)29)23(21-17)19(25)8-9-20(26)27/h2-7,10-11,18,22H,8-9,12H2,1H3,(H,26,27). The van der Waals surface area contributed by atoms with Crippen LogP contribution < -0.4 is 4.72 Å². The third kappa shape index (κ3) is 5.66. The number of carboxylic acids is 1. The zero-order valence-corrected chi connectivity index (χ0v) is 17.8. The Labute approximate surface area is 183 Å². The number of hydrazone groups is 1. The summed E-state index contributed by atoms with van der Waals surface area (Å²) in [5.74, 6) is -1.67. The highest BCUT2D eigenvalue weighted by Gasteiger charge is 2.34. The van der Waals surface area contributed by atoms with Gasteiger partial charge >= 0.3 is 5.97 Å². The largest absolute Gasteiger partial charge is 0.481 e. The molecule has 1 atom stereocenters. The summed E-state index contributed by atoms with van der Waals surface area (Å²) >= 11 is 0. The van der Waals surface area contributed by atoms with Gasteiger partial charge in [0.25, 0.3) is 5.69 Å². The first-order chi connectivity index (χ1) is 15.0. The Morgan fingerprint density at radius 3 is 2.59 bits per heavy atom. The van der Waals surface area contributed by atoms with Crippen LogP contribution in [0, 0.1) is 10.1 Å². The lowest BCUT2D eigenvalue weighted by atomic mass is 9.97. The van der Waals surface area contributed by atoms with E-state index in [-0.39, 0.29) is 24.9 Å². The number of carboxylic acid groups (broad SMARTS) is 1. The van der Waals surface area contributed by atoms with E-state index < -0.39 is 32.9 Å². The van der Waals surface area contributed by atoms with Crippen molar-refractivity contribution in [1.82, 2.24) is 5.01 Å². The average Bonchev–Trinajstić information content (AvgIpc) is 3.16. The predicted octanol–water partition coefficient (Wildman–Crippen LogP) is 2.51. The van der Waals surface area contributed by atoms with Gasteiger partial charge in [-0.2, -0.15) is 5.10 Å². The molecule has 2 aromatic rings.